The number of halogens is 2. The van der Waals surface area contributed by atoms with Crippen LogP contribution in [0.3, 0.4) is 0 Å². The van der Waals surface area contributed by atoms with Crippen molar-refractivity contribution < 1.29 is 28.1 Å². The normalized spacial score (nSPS) is 12.5. The first-order valence-electron chi connectivity index (χ1n) is 9.11. The summed E-state index contributed by atoms with van der Waals surface area (Å²) < 4.78 is 27.5. The number of nitrogens with two attached hydrogens (primary N) is 1. The largest absolute Gasteiger partial charge is 0.368 e. The van der Waals surface area contributed by atoms with E-state index in [-0.39, 0.29) is 24.0 Å². The second-order valence-electron chi connectivity index (χ2n) is 6.76. The molecule has 0 bridgehead atoms. The van der Waals surface area contributed by atoms with Gasteiger partial charge in [0, 0.05) is 25.8 Å². The smallest absolute Gasteiger partial charge is 0.305 e. The minimum absolute atomic E-state index is 0.168. The first-order valence-corrected chi connectivity index (χ1v) is 9.11. The molecule has 31 heavy (non-hydrogen) atoms. The number of hydrogen-bond donors (Lipinski definition) is 3. The number of nitro benzene ring substituents is 1. The van der Waals surface area contributed by atoms with Crippen LogP contribution in [-0.2, 0) is 27.2 Å². The highest BCUT2D eigenvalue weighted by Crippen LogP contribution is 2.19. The molecule has 164 valence electrons. The van der Waals surface area contributed by atoms with Crippen LogP contribution in [0.15, 0.2) is 42.5 Å². The SMILES string of the molecule is CC(=O)N[C@@H](Cc1ccccc1F)C(=O)N[C@H](Cc1ccc(F)c([N+](=O)[O-])c1)C(N)=O. The summed E-state index contributed by atoms with van der Waals surface area (Å²) in [5, 5.41) is 15.6. The van der Waals surface area contributed by atoms with E-state index in [0.717, 1.165) is 12.1 Å². The zero-order valence-corrected chi connectivity index (χ0v) is 16.4. The zero-order chi connectivity index (χ0) is 23.1. The number of nitrogens with zero attached hydrogens (tertiary/aromatic N) is 1. The average molecular weight is 434 g/mol. The Balaban J connectivity index is 2.21. The molecule has 0 aromatic heterocycles. The third-order valence-corrected chi connectivity index (χ3v) is 4.38. The van der Waals surface area contributed by atoms with E-state index in [0.29, 0.717) is 0 Å². The minimum atomic E-state index is -1.31. The Morgan fingerprint density at radius 3 is 2.29 bits per heavy atom. The van der Waals surface area contributed by atoms with E-state index in [9.17, 15) is 33.3 Å². The third-order valence-electron chi connectivity index (χ3n) is 4.38. The highest BCUT2D eigenvalue weighted by molar-refractivity contribution is 5.91. The van der Waals surface area contributed by atoms with Crippen LogP contribution in [-0.4, -0.2) is 34.7 Å². The predicted molar refractivity (Wildman–Crippen MR) is 106 cm³/mol. The van der Waals surface area contributed by atoms with Crippen molar-refractivity contribution in [2.45, 2.75) is 31.8 Å². The van der Waals surface area contributed by atoms with E-state index in [1.807, 2.05) is 0 Å². The Kier molecular flexibility index (Phi) is 7.72. The Labute approximate surface area is 175 Å². The molecule has 0 spiro atoms. The Bertz CT molecular complexity index is 1010. The molecular formula is C20H20F2N4O5. The molecule has 11 heteroatoms. The number of nitro groups is 1. The van der Waals surface area contributed by atoms with E-state index >= 15 is 0 Å². The van der Waals surface area contributed by atoms with Crippen molar-refractivity contribution in [3.8, 4) is 0 Å². The maximum Gasteiger partial charge on any atom is 0.305 e. The number of carbonyl (C=O) groups excluding carboxylic acids is 3. The predicted octanol–water partition coefficient (Wildman–Crippen LogP) is 1.13. The molecule has 3 amide bonds. The second-order valence-corrected chi connectivity index (χ2v) is 6.76. The summed E-state index contributed by atoms with van der Waals surface area (Å²) in [5.74, 6) is -3.94. The third kappa shape index (κ3) is 6.56. The minimum Gasteiger partial charge on any atom is -0.368 e. The Morgan fingerprint density at radius 2 is 1.71 bits per heavy atom. The van der Waals surface area contributed by atoms with Crippen molar-refractivity contribution in [3.05, 3.63) is 75.3 Å². The lowest BCUT2D eigenvalue weighted by atomic mass is 10.0. The van der Waals surface area contributed by atoms with Gasteiger partial charge in [-0.05, 0) is 23.3 Å². The van der Waals surface area contributed by atoms with Gasteiger partial charge < -0.3 is 16.4 Å². The average Bonchev–Trinajstić information content (AvgIpc) is 2.69. The summed E-state index contributed by atoms with van der Waals surface area (Å²) in [7, 11) is 0. The monoisotopic (exact) mass is 434 g/mol. The van der Waals surface area contributed by atoms with Gasteiger partial charge in [-0.3, -0.25) is 24.5 Å². The number of amides is 3. The van der Waals surface area contributed by atoms with Gasteiger partial charge in [0.2, 0.25) is 23.5 Å². The van der Waals surface area contributed by atoms with Gasteiger partial charge in [0.1, 0.15) is 17.9 Å². The van der Waals surface area contributed by atoms with Gasteiger partial charge in [0.25, 0.3) is 0 Å². The van der Waals surface area contributed by atoms with Crippen molar-refractivity contribution in [3.63, 3.8) is 0 Å². The number of nitrogens with one attached hydrogen (secondary N) is 2. The highest BCUT2D eigenvalue weighted by atomic mass is 19.1. The first kappa shape index (κ1) is 23.4. The summed E-state index contributed by atoms with van der Waals surface area (Å²) in [4.78, 5) is 46.0. The van der Waals surface area contributed by atoms with Crippen LogP contribution in [0, 0.1) is 21.7 Å². The molecule has 0 aliphatic rings. The summed E-state index contributed by atoms with van der Waals surface area (Å²) in [5.41, 5.74) is 4.89. The lowest BCUT2D eigenvalue weighted by molar-refractivity contribution is -0.387. The van der Waals surface area contributed by atoms with Crippen molar-refractivity contribution in [1.29, 1.82) is 0 Å². The number of rotatable bonds is 9. The fourth-order valence-electron chi connectivity index (χ4n) is 2.89. The summed E-state index contributed by atoms with van der Waals surface area (Å²) >= 11 is 0. The summed E-state index contributed by atoms with van der Waals surface area (Å²) in [6, 6.07) is 6.18. The van der Waals surface area contributed by atoms with Gasteiger partial charge in [0.15, 0.2) is 0 Å². The molecule has 0 saturated heterocycles. The first-order chi connectivity index (χ1) is 14.6. The van der Waals surface area contributed by atoms with Crippen LogP contribution in [0.2, 0.25) is 0 Å². The molecule has 2 atom stereocenters. The fourth-order valence-corrected chi connectivity index (χ4v) is 2.89. The number of benzene rings is 2. The van der Waals surface area contributed by atoms with Crippen LogP contribution in [0.5, 0.6) is 0 Å². The molecule has 0 radical (unpaired) electrons. The van der Waals surface area contributed by atoms with Crippen LogP contribution in [0.1, 0.15) is 18.1 Å². The molecule has 0 aliphatic carbocycles. The molecule has 0 unspecified atom stereocenters. The van der Waals surface area contributed by atoms with E-state index in [4.69, 9.17) is 5.73 Å². The van der Waals surface area contributed by atoms with Crippen molar-refractivity contribution >= 4 is 23.4 Å². The molecule has 0 aliphatic heterocycles. The zero-order valence-electron chi connectivity index (χ0n) is 16.4. The van der Waals surface area contributed by atoms with E-state index in [1.165, 1.54) is 31.2 Å². The topological polar surface area (TPSA) is 144 Å². The van der Waals surface area contributed by atoms with E-state index in [2.05, 4.69) is 10.6 Å². The van der Waals surface area contributed by atoms with Crippen LogP contribution in [0.25, 0.3) is 0 Å². The maximum absolute atomic E-state index is 14.0. The fraction of sp³-hybridized carbons (Fsp3) is 0.250. The molecule has 4 N–H and O–H groups in total. The van der Waals surface area contributed by atoms with Gasteiger partial charge in [0.05, 0.1) is 4.92 Å². The van der Waals surface area contributed by atoms with Gasteiger partial charge in [-0.25, -0.2) is 4.39 Å². The molecule has 0 heterocycles. The standard InChI is InChI=1S/C20H20F2N4O5/c1-11(27)24-17(10-13-4-2-3-5-14(13)21)20(29)25-16(19(23)28)8-12-6-7-15(22)18(9-12)26(30)31/h2-7,9,16-17H,8,10H2,1H3,(H2,23,28)(H,24,27)(H,25,29)/t16-,17+/m1/s1. The number of carbonyl (C=O) groups is 3. The summed E-state index contributed by atoms with van der Waals surface area (Å²) in [6.45, 7) is 1.17. The van der Waals surface area contributed by atoms with Crippen LogP contribution in [0.4, 0.5) is 14.5 Å². The van der Waals surface area contributed by atoms with Gasteiger partial charge in [-0.1, -0.05) is 24.3 Å². The second kappa shape index (κ2) is 10.2. The Hall–Kier alpha value is -3.89. The molecule has 9 nitrogen and oxygen atoms in total. The van der Waals surface area contributed by atoms with E-state index in [1.54, 1.807) is 6.07 Å². The number of hydrogen-bond acceptors (Lipinski definition) is 5. The maximum atomic E-state index is 14.0. The Morgan fingerprint density at radius 1 is 1.03 bits per heavy atom. The van der Waals surface area contributed by atoms with Gasteiger partial charge in [-0.15, -0.1) is 0 Å². The summed E-state index contributed by atoms with van der Waals surface area (Å²) in [6.07, 6.45) is -0.444. The number of primary amides is 1. The van der Waals surface area contributed by atoms with Crippen molar-refractivity contribution in [2.75, 3.05) is 0 Å². The van der Waals surface area contributed by atoms with Crippen molar-refractivity contribution in [1.82, 2.24) is 10.6 Å². The van der Waals surface area contributed by atoms with Gasteiger partial charge >= 0.3 is 5.69 Å². The molecule has 0 fully saturated rings. The van der Waals surface area contributed by atoms with E-state index < -0.39 is 52.1 Å². The van der Waals surface area contributed by atoms with Crippen molar-refractivity contribution in [2.24, 2.45) is 5.73 Å². The lowest BCUT2D eigenvalue weighted by Gasteiger charge is -2.22. The molecule has 2 rings (SSSR count). The molecule has 2 aromatic rings. The highest BCUT2D eigenvalue weighted by Gasteiger charge is 2.27. The molecule has 2 aromatic carbocycles. The van der Waals surface area contributed by atoms with Crippen LogP contribution >= 0.6 is 0 Å². The van der Waals surface area contributed by atoms with Crippen LogP contribution < -0.4 is 16.4 Å². The van der Waals surface area contributed by atoms with Gasteiger partial charge in [-0.2, -0.15) is 4.39 Å². The molecule has 0 saturated carbocycles. The quantitative estimate of drug-likeness (QED) is 0.400. The lowest BCUT2D eigenvalue weighted by Crippen LogP contribution is -2.54. The molecular weight excluding hydrogens is 414 g/mol.